The number of carbonyl (C=O) groups excluding carboxylic acids is 3. The van der Waals surface area contributed by atoms with Crippen LogP contribution in [0.3, 0.4) is 0 Å². The highest BCUT2D eigenvalue weighted by Crippen LogP contribution is 2.35. The highest BCUT2D eigenvalue weighted by Gasteiger charge is 2.35. The molecule has 7 nitrogen and oxygen atoms in total. The molecule has 0 aromatic heterocycles. The highest BCUT2D eigenvalue weighted by atomic mass is 32.2. The molecule has 0 bridgehead atoms. The Morgan fingerprint density at radius 3 is 2.66 bits per heavy atom. The zero-order chi connectivity index (χ0) is 21.0. The van der Waals surface area contributed by atoms with Crippen molar-refractivity contribution in [3.8, 4) is 11.5 Å². The first-order valence-corrected chi connectivity index (χ1v) is 9.28. The van der Waals surface area contributed by atoms with Crippen molar-refractivity contribution in [1.29, 1.82) is 0 Å². The second-order valence-corrected chi connectivity index (χ2v) is 7.02. The molecule has 1 saturated heterocycles. The molecular weight excluding hydrogens is 399 g/mol. The molecule has 29 heavy (non-hydrogen) atoms. The first-order valence-electron chi connectivity index (χ1n) is 8.47. The van der Waals surface area contributed by atoms with Gasteiger partial charge in [-0.3, -0.25) is 19.3 Å². The summed E-state index contributed by atoms with van der Waals surface area (Å²) in [5.74, 6) is -0.954. The van der Waals surface area contributed by atoms with Crippen LogP contribution < -0.4 is 15.2 Å². The zero-order valence-corrected chi connectivity index (χ0v) is 16.2. The summed E-state index contributed by atoms with van der Waals surface area (Å²) < 4.78 is 24.3. The van der Waals surface area contributed by atoms with Crippen LogP contribution in [-0.4, -0.2) is 35.7 Å². The molecule has 2 aromatic rings. The molecule has 150 valence electrons. The Morgan fingerprint density at radius 1 is 1.21 bits per heavy atom. The van der Waals surface area contributed by atoms with E-state index in [2.05, 4.69) is 0 Å². The minimum atomic E-state index is -0.625. The first kappa shape index (κ1) is 20.4. The fourth-order valence-electron chi connectivity index (χ4n) is 2.63. The van der Waals surface area contributed by atoms with Gasteiger partial charge in [0, 0.05) is 5.56 Å². The Balaban J connectivity index is 1.80. The summed E-state index contributed by atoms with van der Waals surface area (Å²) in [5.41, 5.74) is 5.91. The van der Waals surface area contributed by atoms with Gasteiger partial charge in [-0.15, -0.1) is 0 Å². The molecule has 0 spiro atoms. The number of hydrogen-bond donors (Lipinski definition) is 1. The van der Waals surface area contributed by atoms with Crippen molar-refractivity contribution in [1.82, 2.24) is 4.90 Å². The number of rotatable bonds is 7. The van der Waals surface area contributed by atoms with Gasteiger partial charge in [0.15, 0.2) is 18.1 Å². The smallest absolute Gasteiger partial charge is 0.293 e. The third-order valence-electron chi connectivity index (χ3n) is 4.02. The van der Waals surface area contributed by atoms with E-state index in [9.17, 15) is 18.8 Å². The van der Waals surface area contributed by atoms with Gasteiger partial charge in [0.25, 0.3) is 17.1 Å². The quantitative estimate of drug-likeness (QED) is 0.697. The summed E-state index contributed by atoms with van der Waals surface area (Å²) in [6, 6.07) is 10.8. The Hall–Kier alpha value is -3.33. The number of carbonyl (C=O) groups is 3. The molecule has 0 radical (unpaired) electrons. The number of nitrogens with two attached hydrogens (primary N) is 1. The van der Waals surface area contributed by atoms with Crippen LogP contribution in [0.1, 0.15) is 11.1 Å². The lowest BCUT2D eigenvalue weighted by Crippen LogP contribution is -2.27. The average Bonchev–Trinajstić information content (AvgIpc) is 2.95. The molecule has 9 heteroatoms. The maximum atomic E-state index is 13.8. The number of thioether (sulfide) groups is 1. The molecule has 0 atom stereocenters. The van der Waals surface area contributed by atoms with E-state index >= 15 is 0 Å². The van der Waals surface area contributed by atoms with E-state index in [4.69, 9.17) is 15.2 Å². The fourth-order valence-corrected chi connectivity index (χ4v) is 3.47. The van der Waals surface area contributed by atoms with Crippen molar-refractivity contribution in [3.05, 3.63) is 64.3 Å². The van der Waals surface area contributed by atoms with E-state index in [-0.39, 0.29) is 23.6 Å². The lowest BCUT2D eigenvalue weighted by Gasteiger charge is -2.13. The average molecular weight is 416 g/mol. The van der Waals surface area contributed by atoms with E-state index in [1.165, 1.54) is 31.4 Å². The summed E-state index contributed by atoms with van der Waals surface area (Å²) in [7, 11) is 1.43. The van der Waals surface area contributed by atoms with Crippen molar-refractivity contribution in [3.63, 3.8) is 0 Å². The molecule has 1 aliphatic rings. The van der Waals surface area contributed by atoms with Gasteiger partial charge in [-0.1, -0.05) is 24.3 Å². The monoisotopic (exact) mass is 416 g/mol. The number of methoxy groups -OCH3 is 1. The summed E-state index contributed by atoms with van der Waals surface area (Å²) in [6.07, 6.45) is 1.53. The Bertz CT molecular complexity index is 1010. The van der Waals surface area contributed by atoms with Gasteiger partial charge in [-0.2, -0.15) is 0 Å². The number of halogens is 1. The maximum absolute atomic E-state index is 13.8. The number of hydrogen-bond acceptors (Lipinski definition) is 6. The van der Waals surface area contributed by atoms with Crippen LogP contribution in [-0.2, 0) is 16.1 Å². The molecule has 0 unspecified atom stereocenters. The second kappa shape index (κ2) is 8.78. The molecule has 0 aliphatic carbocycles. The van der Waals surface area contributed by atoms with Gasteiger partial charge >= 0.3 is 0 Å². The summed E-state index contributed by atoms with van der Waals surface area (Å²) in [5, 5.41) is -0.474. The number of ether oxygens (including phenoxy) is 2. The van der Waals surface area contributed by atoms with E-state index < -0.39 is 22.9 Å². The Kier molecular flexibility index (Phi) is 6.18. The minimum Gasteiger partial charge on any atom is -0.493 e. The SMILES string of the molecule is COc1cc(C=C2SC(=O)N(Cc3ccccc3F)C2=O)ccc1OCC(N)=O. The maximum Gasteiger partial charge on any atom is 0.293 e. The number of nitrogens with zero attached hydrogens (tertiary/aromatic N) is 1. The molecule has 0 saturated carbocycles. The number of imide groups is 1. The van der Waals surface area contributed by atoms with Crippen LogP contribution in [0.25, 0.3) is 6.08 Å². The molecule has 2 aromatic carbocycles. The third-order valence-corrected chi connectivity index (χ3v) is 4.92. The zero-order valence-electron chi connectivity index (χ0n) is 15.4. The lowest BCUT2D eigenvalue weighted by atomic mass is 10.1. The fraction of sp³-hybridized carbons (Fsp3) is 0.150. The number of primary amides is 1. The van der Waals surface area contributed by atoms with Gasteiger partial charge < -0.3 is 15.2 Å². The van der Waals surface area contributed by atoms with Gasteiger partial charge in [-0.05, 0) is 41.6 Å². The number of benzene rings is 2. The number of amides is 3. The summed E-state index contributed by atoms with van der Waals surface area (Å²) in [6.45, 7) is -0.442. The predicted octanol–water partition coefficient (Wildman–Crippen LogP) is 2.93. The van der Waals surface area contributed by atoms with Gasteiger partial charge in [0.2, 0.25) is 0 Å². The lowest BCUT2D eigenvalue weighted by molar-refractivity contribution is -0.123. The molecule has 1 heterocycles. The minimum absolute atomic E-state index is 0.141. The van der Waals surface area contributed by atoms with Crippen LogP contribution in [0.15, 0.2) is 47.4 Å². The van der Waals surface area contributed by atoms with Crippen molar-refractivity contribution in [2.75, 3.05) is 13.7 Å². The van der Waals surface area contributed by atoms with Crippen LogP contribution in [0.5, 0.6) is 11.5 Å². The molecular formula is C20H17FN2O5S. The summed E-state index contributed by atoms with van der Waals surface area (Å²) >= 11 is 0.776. The van der Waals surface area contributed by atoms with Crippen LogP contribution >= 0.6 is 11.8 Å². The standard InChI is InChI=1S/C20H17FN2O5S/c1-27-16-8-12(6-7-15(16)28-11-18(22)24)9-17-19(25)23(20(26)29-17)10-13-4-2-3-5-14(13)21/h2-9H,10-11H2,1H3,(H2,22,24). The van der Waals surface area contributed by atoms with Gasteiger partial charge in [0.05, 0.1) is 18.6 Å². The molecule has 3 rings (SSSR count). The van der Waals surface area contributed by atoms with E-state index in [1.807, 2.05) is 0 Å². The molecule has 1 aliphatic heterocycles. The highest BCUT2D eigenvalue weighted by molar-refractivity contribution is 8.18. The van der Waals surface area contributed by atoms with Crippen LogP contribution in [0.4, 0.5) is 9.18 Å². The van der Waals surface area contributed by atoms with E-state index in [1.54, 1.807) is 24.3 Å². The van der Waals surface area contributed by atoms with Crippen molar-refractivity contribution in [2.24, 2.45) is 5.73 Å². The molecule has 1 fully saturated rings. The van der Waals surface area contributed by atoms with Crippen LogP contribution in [0, 0.1) is 5.82 Å². The topological polar surface area (TPSA) is 98.9 Å². The Labute approximate surface area is 170 Å². The normalized spacial score (nSPS) is 15.1. The van der Waals surface area contributed by atoms with Gasteiger partial charge in [0.1, 0.15) is 5.82 Å². The predicted molar refractivity (Wildman–Crippen MR) is 106 cm³/mol. The van der Waals surface area contributed by atoms with Gasteiger partial charge in [-0.25, -0.2) is 4.39 Å². The third kappa shape index (κ3) is 4.75. The largest absolute Gasteiger partial charge is 0.493 e. The van der Waals surface area contributed by atoms with Crippen molar-refractivity contribution < 1.29 is 28.2 Å². The first-order chi connectivity index (χ1) is 13.9. The summed E-state index contributed by atoms with van der Waals surface area (Å²) in [4.78, 5) is 36.9. The van der Waals surface area contributed by atoms with Crippen LogP contribution in [0.2, 0.25) is 0 Å². The van der Waals surface area contributed by atoms with E-state index in [0.29, 0.717) is 17.1 Å². The molecule has 2 N–H and O–H groups in total. The molecule has 3 amide bonds. The second-order valence-electron chi connectivity index (χ2n) is 6.02. The van der Waals surface area contributed by atoms with E-state index in [0.717, 1.165) is 16.7 Å². The van der Waals surface area contributed by atoms with Crippen molar-refractivity contribution in [2.45, 2.75) is 6.54 Å². The van der Waals surface area contributed by atoms with Crippen molar-refractivity contribution >= 4 is 34.9 Å². The Morgan fingerprint density at radius 2 is 1.97 bits per heavy atom.